The van der Waals surface area contributed by atoms with Crippen LogP contribution in [-0.4, -0.2) is 16.4 Å². The number of hydrogen-bond donors (Lipinski definition) is 1. The normalized spacial score (nSPS) is 19.5. The molecule has 1 aromatic rings. The second-order valence-electron chi connectivity index (χ2n) is 3.35. The zero-order chi connectivity index (χ0) is 9.26. The number of thiazole rings is 1. The maximum atomic E-state index is 10.4. The monoisotopic (exact) mass is 197 g/mol. The fourth-order valence-corrected chi connectivity index (χ4v) is 2.26. The summed E-state index contributed by atoms with van der Waals surface area (Å²) < 4.78 is 0. The van der Waals surface area contributed by atoms with E-state index in [-0.39, 0.29) is 0 Å². The second-order valence-corrected chi connectivity index (χ2v) is 4.45. The SMILES string of the molecule is O=Cc1cnc(C(O)C2CCC2)s1. The summed E-state index contributed by atoms with van der Waals surface area (Å²) in [4.78, 5) is 15.0. The molecule has 13 heavy (non-hydrogen) atoms. The molecule has 0 aromatic carbocycles. The van der Waals surface area contributed by atoms with Crippen LogP contribution in [0, 0.1) is 5.92 Å². The van der Waals surface area contributed by atoms with E-state index in [0.29, 0.717) is 15.8 Å². The van der Waals surface area contributed by atoms with Crippen LogP contribution in [-0.2, 0) is 0 Å². The Balaban J connectivity index is 2.09. The Bertz CT molecular complexity index is 306. The quantitative estimate of drug-likeness (QED) is 0.751. The third kappa shape index (κ3) is 1.64. The average molecular weight is 197 g/mol. The van der Waals surface area contributed by atoms with Crippen LogP contribution in [0.2, 0.25) is 0 Å². The lowest BCUT2D eigenvalue weighted by molar-refractivity contribution is 0.0619. The molecular formula is C9H11NO2S. The summed E-state index contributed by atoms with van der Waals surface area (Å²) in [5.41, 5.74) is 0. The summed E-state index contributed by atoms with van der Waals surface area (Å²) in [5, 5.41) is 10.5. The Kier molecular flexibility index (Phi) is 2.42. The van der Waals surface area contributed by atoms with Gasteiger partial charge in [-0.2, -0.15) is 0 Å². The molecule has 0 saturated heterocycles. The van der Waals surface area contributed by atoms with Gasteiger partial charge in [0.05, 0.1) is 4.88 Å². The van der Waals surface area contributed by atoms with Crippen molar-refractivity contribution in [1.29, 1.82) is 0 Å². The van der Waals surface area contributed by atoms with E-state index in [2.05, 4.69) is 4.98 Å². The van der Waals surface area contributed by atoms with E-state index in [1.807, 2.05) is 0 Å². The number of aromatic nitrogens is 1. The number of aliphatic hydroxyl groups excluding tert-OH is 1. The molecular weight excluding hydrogens is 186 g/mol. The van der Waals surface area contributed by atoms with E-state index in [9.17, 15) is 9.90 Å². The van der Waals surface area contributed by atoms with Crippen LogP contribution >= 0.6 is 11.3 Å². The molecule has 2 rings (SSSR count). The van der Waals surface area contributed by atoms with Crippen molar-refractivity contribution in [3.05, 3.63) is 16.1 Å². The smallest absolute Gasteiger partial charge is 0.161 e. The zero-order valence-electron chi connectivity index (χ0n) is 7.14. The Morgan fingerprint density at radius 3 is 2.92 bits per heavy atom. The molecule has 3 nitrogen and oxygen atoms in total. The first-order chi connectivity index (χ1) is 6.31. The molecule has 70 valence electrons. The Morgan fingerprint density at radius 1 is 1.69 bits per heavy atom. The van der Waals surface area contributed by atoms with Crippen molar-refractivity contribution in [2.24, 2.45) is 5.92 Å². The van der Waals surface area contributed by atoms with Crippen LogP contribution in [0.4, 0.5) is 0 Å². The highest BCUT2D eigenvalue weighted by Crippen LogP contribution is 2.38. The van der Waals surface area contributed by atoms with Crippen LogP contribution in [0.15, 0.2) is 6.20 Å². The number of carbonyl (C=O) groups is 1. The van der Waals surface area contributed by atoms with E-state index < -0.39 is 6.10 Å². The molecule has 0 aliphatic heterocycles. The number of nitrogens with zero attached hydrogens (tertiary/aromatic N) is 1. The van der Waals surface area contributed by atoms with Crippen molar-refractivity contribution in [3.8, 4) is 0 Å². The number of hydrogen-bond acceptors (Lipinski definition) is 4. The van der Waals surface area contributed by atoms with Crippen LogP contribution < -0.4 is 0 Å². The predicted octanol–water partition coefficient (Wildman–Crippen LogP) is 1.79. The van der Waals surface area contributed by atoms with Gasteiger partial charge in [-0.3, -0.25) is 4.79 Å². The van der Waals surface area contributed by atoms with Gasteiger partial charge in [-0.25, -0.2) is 4.98 Å². The van der Waals surface area contributed by atoms with Gasteiger partial charge in [0.1, 0.15) is 11.1 Å². The van der Waals surface area contributed by atoms with Crippen molar-refractivity contribution in [1.82, 2.24) is 4.98 Å². The minimum Gasteiger partial charge on any atom is -0.386 e. The molecule has 1 heterocycles. The molecule has 1 aromatic heterocycles. The lowest BCUT2D eigenvalue weighted by atomic mass is 9.81. The van der Waals surface area contributed by atoms with Crippen molar-refractivity contribution in [3.63, 3.8) is 0 Å². The number of aldehydes is 1. The molecule has 1 N–H and O–H groups in total. The summed E-state index contributed by atoms with van der Waals surface area (Å²) >= 11 is 1.29. The Hall–Kier alpha value is -0.740. The summed E-state index contributed by atoms with van der Waals surface area (Å²) in [7, 11) is 0. The van der Waals surface area contributed by atoms with Gasteiger partial charge >= 0.3 is 0 Å². The first-order valence-corrected chi connectivity index (χ1v) is 5.22. The summed E-state index contributed by atoms with van der Waals surface area (Å²) in [6, 6.07) is 0. The Morgan fingerprint density at radius 2 is 2.46 bits per heavy atom. The topological polar surface area (TPSA) is 50.2 Å². The fraction of sp³-hybridized carbons (Fsp3) is 0.556. The largest absolute Gasteiger partial charge is 0.386 e. The first-order valence-electron chi connectivity index (χ1n) is 4.40. The van der Waals surface area contributed by atoms with Gasteiger partial charge in [-0.1, -0.05) is 6.42 Å². The zero-order valence-corrected chi connectivity index (χ0v) is 7.96. The van der Waals surface area contributed by atoms with E-state index >= 15 is 0 Å². The number of carbonyl (C=O) groups excluding carboxylic acids is 1. The Labute approximate surface area is 80.4 Å². The minimum atomic E-state index is -0.451. The van der Waals surface area contributed by atoms with Crippen LogP contribution in [0.25, 0.3) is 0 Å². The molecule has 1 saturated carbocycles. The van der Waals surface area contributed by atoms with E-state index in [0.717, 1.165) is 19.1 Å². The molecule has 1 fully saturated rings. The highest BCUT2D eigenvalue weighted by molar-refractivity contribution is 7.13. The molecule has 1 aliphatic rings. The maximum absolute atomic E-state index is 10.4. The molecule has 0 amide bonds. The number of aliphatic hydroxyl groups is 1. The van der Waals surface area contributed by atoms with Gasteiger partial charge in [0.15, 0.2) is 6.29 Å². The molecule has 1 unspecified atom stereocenters. The van der Waals surface area contributed by atoms with Gasteiger partial charge < -0.3 is 5.11 Å². The van der Waals surface area contributed by atoms with Crippen molar-refractivity contribution in [2.75, 3.05) is 0 Å². The number of rotatable bonds is 3. The van der Waals surface area contributed by atoms with Crippen LogP contribution in [0.1, 0.15) is 40.0 Å². The van der Waals surface area contributed by atoms with Gasteiger partial charge in [-0.15, -0.1) is 11.3 Å². The van der Waals surface area contributed by atoms with Gasteiger partial charge in [-0.05, 0) is 18.8 Å². The second kappa shape index (κ2) is 3.55. The van der Waals surface area contributed by atoms with E-state index in [1.165, 1.54) is 24.0 Å². The van der Waals surface area contributed by atoms with Gasteiger partial charge in [0.2, 0.25) is 0 Å². The highest BCUT2D eigenvalue weighted by atomic mass is 32.1. The lowest BCUT2D eigenvalue weighted by Crippen LogP contribution is -2.19. The van der Waals surface area contributed by atoms with Crippen LogP contribution in [0.5, 0.6) is 0 Å². The third-order valence-corrected chi connectivity index (χ3v) is 3.50. The molecule has 0 radical (unpaired) electrons. The molecule has 1 aliphatic carbocycles. The first kappa shape index (κ1) is 8.84. The molecule has 4 heteroatoms. The summed E-state index contributed by atoms with van der Waals surface area (Å²) in [6.07, 6.45) is 5.21. The van der Waals surface area contributed by atoms with Crippen LogP contribution in [0.3, 0.4) is 0 Å². The highest BCUT2D eigenvalue weighted by Gasteiger charge is 2.28. The van der Waals surface area contributed by atoms with Crippen molar-refractivity contribution >= 4 is 17.6 Å². The van der Waals surface area contributed by atoms with E-state index in [1.54, 1.807) is 0 Å². The van der Waals surface area contributed by atoms with E-state index in [4.69, 9.17) is 0 Å². The molecule has 0 spiro atoms. The summed E-state index contributed by atoms with van der Waals surface area (Å²) in [6.45, 7) is 0. The fourth-order valence-electron chi connectivity index (χ4n) is 1.45. The molecule has 0 bridgehead atoms. The van der Waals surface area contributed by atoms with Gasteiger partial charge in [0, 0.05) is 6.20 Å². The molecule has 1 atom stereocenters. The van der Waals surface area contributed by atoms with Crippen molar-refractivity contribution < 1.29 is 9.90 Å². The standard InChI is InChI=1S/C9H11NO2S/c11-5-7-4-10-9(13-7)8(12)6-2-1-3-6/h4-6,8,12H,1-3H2. The third-order valence-electron chi connectivity index (χ3n) is 2.51. The predicted molar refractivity (Wildman–Crippen MR) is 49.8 cm³/mol. The summed E-state index contributed by atoms with van der Waals surface area (Å²) in [5.74, 6) is 0.366. The van der Waals surface area contributed by atoms with Gasteiger partial charge in [0.25, 0.3) is 0 Å². The maximum Gasteiger partial charge on any atom is 0.161 e. The minimum absolute atomic E-state index is 0.366. The van der Waals surface area contributed by atoms with Crippen molar-refractivity contribution in [2.45, 2.75) is 25.4 Å². The average Bonchev–Trinajstić information content (AvgIpc) is 2.48. The lowest BCUT2D eigenvalue weighted by Gasteiger charge is -2.28.